The number of carbonyl (C=O) groups is 2. The standard InChI is InChI=1S/C19H14N2O7S/c20-16-14(18(23)24)13(15(19(25)26)17(22)21-16)11-8-4-5-9-12(11)29(27,28)10-6-2-1-3-7-10/h1-9H,(H,23,24)(H,25,26)(H3,20,21,22). The lowest BCUT2D eigenvalue weighted by Crippen LogP contribution is -2.24. The average Bonchev–Trinajstić information content (AvgIpc) is 2.67. The van der Waals surface area contributed by atoms with Crippen LogP contribution in [0, 0.1) is 0 Å². The number of rotatable bonds is 5. The van der Waals surface area contributed by atoms with Gasteiger partial charge in [-0.1, -0.05) is 36.4 Å². The van der Waals surface area contributed by atoms with Crippen LogP contribution in [0.2, 0.25) is 0 Å². The second kappa shape index (κ2) is 7.24. The van der Waals surface area contributed by atoms with Gasteiger partial charge in [0.15, 0.2) is 0 Å². The summed E-state index contributed by atoms with van der Waals surface area (Å²) in [5.74, 6) is -3.94. The van der Waals surface area contributed by atoms with E-state index in [0.717, 1.165) is 0 Å². The second-order valence-electron chi connectivity index (χ2n) is 5.92. The van der Waals surface area contributed by atoms with E-state index in [1.165, 1.54) is 48.5 Å². The second-order valence-corrected chi connectivity index (χ2v) is 7.83. The normalized spacial score (nSPS) is 11.2. The number of sulfone groups is 1. The lowest BCUT2D eigenvalue weighted by Gasteiger charge is -2.16. The number of hydrogen-bond acceptors (Lipinski definition) is 6. The van der Waals surface area contributed by atoms with Crippen LogP contribution in [0.4, 0.5) is 5.82 Å². The highest BCUT2D eigenvalue weighted by Gasteiger charge is 2.31. The molecule has 0 saturated carbocycles. The van der Waals surface area contributed by atoms with Gasteiger partial charge in [0.1, 0.15) is 16.9 Å². The minimum atomic E-state index is -4.17. The highest BCUT2D eigenvalue weighted by atomic mass is 32.2. The molecule has 0 spiro atoms. The number of hydrogen-bond donors (Lipinski definition) is 4. The van der Waals surface area contributed by atoms with E-state index in [1.807, 2.05) is 4.98 Å². The lowest BCUT2D eigenvalue weighted by atomic mass is 9.95. The van der Waals surface area contributed by atoms with E-state index in [-0.39, 0.29) is 15.4 Å². The van der Waals surface area contributed by atoms with Gasteiger partial charge in [0.25, 0.3) is 5.56 Å². The van der Waals surface area contributed by atoms with Gasteiger partial charge < -0.3 is 20.9 Å². The van der Waals surface area contributed by atoms with Crippen LogP contribution < -0.4 is 11.3 Å². The molecule has 5 N–H and O–H groups in total. The number of benzene rings is 2. The SMILES string of the molecule is Nc1[nH]c(=O)c(C(=O)O)c(-c2ccccc2S(=O)(=O)c2ccccc2)c1C(=O)O. The highest BCUT2D eigenvalue weighted by Crippen LogP contribution is 2.36. The van der Waals surface area contributed by atoms with E-state index in [1.54, 1.807) is 6.07 Å². The van der Waals surface area contributed by atoms with Gasteiger partial charge in [0.05, 0.1) is 9.79 Å². The number of carboxylic acids is 2. The summed E-state index contributed by atoms with van der Waals surface area (Å²) in [4.78, 5) is 37.3. The third-order valence-corrected chi connectivity index (χ3v) is 6.00. The Kier molecular flexibility index (Phi) is 4.95. The first-order chi connectivity index (χ1) is 13.7. The van der Waals surface area contributed by atoms with Gasteiger partial charge in [-0.3, -0.25) is 4.79 Å². The van der Waals surface area contributed by atoms with E-state index in [2.05, 4.69) is 0 Å². The molecule has 0 unspecified atom stereocenters. The van der Waals surface area contributed by atoms with Crippen molar-refractivity contribution in [2.24, 2.45) is 0 Å². The highest BCUT2D eigenvalue weighted by molar-refractivity contribution is 7.91. The fraction of sp³-hybridized carbons (Fsp3) is 0. The van der Waals surface area contributed by atoms with Crippen molar-refractivity contribution in [2.75, 3.05) is 5.73 Å². The van der Waals surface area contributed by atoms with E-state index in [4.69, 9.17) is 5.73 Å². The van der Waals surface area contributed by atoms with Gasteiger partial charge in [0, 0.05) is 11.1 Å². The lowest BCUT2D eigenvalue weighted by molar-refractivity contribution is 0.0695. The van der Waals surface area contributed by atoms with Crippen LogP contribution in [-0.4, -0.2) is 35.6 Å². The first kappa shape index (κ1) is 19.8. The third-order valence-electron chi connectivity index (χ3n) is 4.17. The smallest absolute Gasteiger partial charge is 0.342 e. The van der Waals surface area contributed by atoms with Gasteiger partial charge in [-0.2, -0.15) is 0 Å². The molecule has 9 nitrogen and oxygen atoms in total. The van der Waals surface area contributed by atoms with E-state index < -0.39 is 49.8 Å². The summed E-state index contributed by atoms with van der Waals surface area (Å²) in [5, 5.41) is 19.1. The largest absolute Gasteiger partial charge is 0.478 e. The zero-order valence-corrected chi connectivity index (χ0v) is 15.4. The molecule has 0 atom stereocenters. The molecule has 29 heavy (non-hydrogen) atoms. The number of aromatic amines is 1. The average molecular weight is 414 g/mol. The molecule has 0 amide bonds. The van der Waals surface area contributed by atoms with Crippen LogP contribution in [0.1, 0.15) is 20.7 Å². The number of aromatic nitrogens is 1. The fourth-order valence-electron chi connectivity index (χ4n) is 2.95. The molecule has 0 radical (unpaired) electrons. The van der Waals surface area contributed by atoms with Crippen molar-refractivity contribution in [1.29, 1.82) is 0 Å². The maximum Gasteiger partial charge on any atom is 0.342 e. The molecule has 0 bridgehead atoms. The number of nitrogens with one attached hydrogen (secondary N) is 1. The molecule has 0 aliphatic heterocycles. The van der Waals surface area contributed by atoms with Crippen molar-refractivity contribution in [1.82, 2.24) is 4.98 Å². The zero-order valence-electron chi connectivity index (χ0n) is 14.6. The minimum Gasteiger partial charge on any atom is -0.478 e. The minimum absolute atomic E-state index is 0.0842. The summed E-state index contributed by atoms with van der Waals surface area (Å²) in [6.07, 6.45) is 0. The summed E-state index contributed by atoms with van der Waals surface area (Å²) >= 11 is 0. The molecule has 0 saturated heterocycles. The predicted molar refractivity (Wildman–Crippen MR) is 103 cm³/mol. The molecule has 3 aromatic rings. The summed E-state index contributed by atoms with van der Waals surface area (Å²) in [7, 11) is -4.17. The molecule has 0 fully saturated rings. The van der Waals surface area contributed by atoms with E-state index in [9.17, 15) is 33.0 Å². The monoisotopic (exact) mass is 414 g/mol. The van der Waals surface area contributed by atoms with Crippen LogP contribution in [0.15, 0.2) is 69.2 Å². The van der Waals surface area contributed by atoms with E-state index >= 15 is 0 Å². The molecule has 2 aromatic carbocycles. The number of H-pyrrole nitrogens is 1. The molecule has 1 aromatic heterocycles. The van der Waals surface area contributed by atoms with Crippen molar-refractivity contribution < 1.29 is 28.2 Å². The summed E-state index contributed by atoms with van der Waals surface area (Å²) in [6.45, 7) is 0. The Balaban J connectivity index is 2.49. The molecular formula is C19H14N2O7S. The molecule has 0 aliphatic rings. The Bertz CT molecular complexity index is 1300. The van der Waals surface area contributed by atoms with Gasteiger partial charge >= 0.3 is 11.9 Å². The summed E-state index contributed by atoms with van der Waals surface area (Å²) in [5.41, 5.74) is 1.99. The van der Waals surface area contributed by atoms with Crippen LogP contribution in [-0.2, 0) is 9.84 Å². The van der Waals surface area contributed by atoms with Crippen molar-refractivity contribution in [3.8, 4) is 11.1 Å². The number of aromatic carboxylic acids is 2. The fourth-order valence-corrected chi connectivity index (χ4v) is 4.44. The quantitative estimate of drug-likeness (QED) is 0.490. The summed E-state index contributed by atoms with van der Waals surface area (Å²) in [6, 6.07) is 12.5. The van der Waals surface area contributed by atoms with Gasteiger partial charge in [-0.15, -0.1) is 0 Å². The van der Waals surface area contributed by atoms with Crippen molar-refractivity contribution in [3.05, 3.63) is 76.1 Å². The van der Waals surface area contributed by atoms with E-state index in [0.29, 0.717) is 0 Å². The van der Waals surface area contributed by atoms with Crippen molar-refractivity contribution in [3.63, 3.8) is 0 Å². The first-order valence-corrected chi connectivity index (χ1v) is 9.56. The number of pyridine rings is 1. The molecular weight excluding hydrogens is 400 g/mol. The zero-order chi connectivity index (χ0) is 21.3. The Hall–Kier alpha value is -3.92. The van der Waals surface area contributed by atoms with Crippen LogP contribution in [0.5, 0.6) is 0 Å². The predicted octanol–water partition coefficient (Wildman–Crippen LogP) is 1.85. The number of nitrogens with two attached hydrogens (primary N) is 1. The Labute approximate surface area is 164 Å². The number of carboxylic acid groups (broad SMARTS) is 2. The molecule has 0 aliphatic carbocycles. The summed E-state index contributed by atoms with van der Waals surface area (Å²) < 4.78 is 26.3. The molecule has 10 heteroatoms. The third kappa shape index (κ3) is 3.36. The number of nitrogen functional groups attached to an aromatic ring is 1. The maximum atomic E-state index is 13.1. The van der Waals surface area contributed by atoms with Gasteiger partial charge in [-0.05, 0) is 18.2 Å². The van der Waals surface area contributed by atoms with Crippen LogP contribution in [0.3, 0.4) is 0 Å². The van der Waals surface area contributed by atoms with Crippen molar-refractivity contribution in [2.45, 2.75) is 9.79 Å². The molecule has 1 heterocycles. The number of anilines is 1. The Morgan fingerprint density at radius 1 is 0.862 bits per heavy atom. The molecule has 3 rings (SSSR count). The Morgan fingerprint density at radius 2 is 1.41 bits per heavy atom. The molecule has 148 valence electrons. The first-order valence-electron chi connectivity index (χ1n) is 8.08. The van der Waals surface area contributed by atoms with Gasteiger partial charge in [0.2, 0.25) is 9.84 Å². The van der Waals surface area contributed by atoms with Crippen LogP contribution >= 0.6 is 0 Å². The topological polar surface area (TPSA) is 168 Å². The Morgan fingerprint density at radius 3 is 2.00 bits per heavy atom. The maximum absolute atomic E-state index is 13.1. The van der Waals surface area contributed by atoms with Gasteiger partial charge in [-0.25, -0.2) is 18.0 Å². The van der Waals surface area contributed by atoms with Crippen molar-refractivity contribution >= 4 is 27.6 Å². The van der Waals surface area contributed by atoms with Crippen LogP contribution in [0.25, 0.3) is 11.1 Å².